The molecule has 1 amide bonds. The van der Waals surface area contributed by atoms with Gasteiger partial charge in [-0.25, -0.2) is 13.1 Å². The van der Waals surface area contributed by atoms with Crippen molar-refractivity contribution in [2.24, 2.45) is 0 Å². The summed E-state index contributed by atoms with van der Waals surface area (Å²) in [6.45, 7) is 3.53. The van der Waals surface area contributed by atoms with E-state index < -0.39 is 10.0 Å². The minimum absolute atomic E-state index is 0.0185. The monoisotopic (exact) mass is 388 g/mol. The van der Waals surface area contributed by atoms with Crippen LogP contribution in [0.25, 0.3) is 0 Å². The van der Waals surface area contributed by atoms with Crippen molar-refractivity contribution in [2.45, 2.75) is 62.9 Å². The van der Waals surface area contributed by atoms with Gasteiger partial charge in [0.2, 0.25) is 10.0 Å². The third-order valence-electron chi connectivity index (χ3n) is 3.95. The van der Waals surface area contributed by atoms with Crippen LogP contribution in [0.5, 0.6) is 5.75 Å². The lowest BCUT2D eigenvalue weighted by atomic mass is 9.96. The van der Waals surface area contributed by atoms with Crippen LogP contribution < -0.4 is 14.8 Å². The molecule has 2 N–H and O–H groups in total. The molecule has 0 unspecified atom stereocenters. The Bertz CT molecular complexity index is 701. The number of amides is 1. The summed E-state index contributed by atoms with van der Waals surface area (Å²) in [5, 5.41) is 2.86. The highest BCUT2D eigenvalue weighted by Gasteiger charge is 2.22. The van der Waals surface area contributed by atoms with Gasteiger partial charge in [-0.15, -0.1) is 0 Å². The predicted molar refractivity (Wildman–Crippen MR) is 97.4 cm³/mol. The maximum absolute atomic E-state index is 12.5. The molecule has 0 radical (unpaired) electrons. The number of halogens is 1. The minimum Gasteiger partial charge on any atom is -0.482 e. The zero-order valence-corrected chi connectivity index (χ0v) is 16.1. The van der Waals surface area contributed by atoms with Gasteiger partial charge < -0.3 is 10.1 Å². The highest BCUT2D eigenvalue weighted by atomic mass is 35.5. The molecule has 1 aliphatic carbocycles. The second kappa shape index (κ2) is 8.87. The largest absolute Gasteiger partial charge is 0.482 e. The fourth-order valence-corrected chi connectivity index (χ4v) is 4.41. The molecule has 0 saturated heterocycles. The van der Waals surface area contributed by atoms with Crippen molar-refractivity contribution < 1.29 is 17.9 Å². The van der Waals surface area contributed by atoms with Gasteiger partial charge in [0.15, 0.2) is 6.61 Å². The molecule has 1 saturated carbocycles. The molecule has 0 bridgehead atoms. The van der Waals surface area contributed by atoms with E-state index in [4.69, 9.17) is 16.3 Å². The molecule has 2 rings (SSSR count). The van der Waals surface area contributed by atoms with Gasteiger partial charge in [0.25, 0.3) is 5.91 Å². The second-order valence-electron chi connectivity index (χ2n) is 6.56. The van der Waals surface area contributed by atoms with Gasteiger partial charge in [0.05, 0.1) is 9.92 Å². The van der Waals surface area contributed by atoms with Crippen LogP contribution in [0.3, 0.4) is 0 Å². The van der Waals surface area contributed by atoms with Crippen LogP contribution in [-0.4, -0.2) is 33.0 Å². The molecule has 0 aliphatic heterocycles. The summed E-state index contributed by atoms with van der Waals surface area (Å²) in [6, 6.07) is 4.26. The summed E-state index contributed by atoms with van der Waals surface area (Å²) in [4.78, 5) is 11.7. The average Bonchev–Trinajstić information content (AvgIpc) is 2.53. The second-order valence-corrected chi connectivity index (χ2v) is 8.68. The lowest BCUT2D eigenvalue weighted by Crippen LogP contribution is -2.36. The third-order valence-corrected chi connectivity index (χ3v) is 5.76. The number of hydrogen-bond acceptors (Lipinski definition) is 4. The normalized spacial score (nSPS) is 16.0. The van der Waals surface area contributed by atoms with Crippen LogP contribution in [-0.2, 0) is 14.8 Å². The summed E-state index contributed by atoms with van der Waals surface area (Å²) < 4.78 is 33.0. The number of rotatable bonds is 7. The fourth-order valence-electron chi connectivity index (χ4n) is 2.78. The summed E-state index contributed by atoms with van der Waals surface area (Å²) in [5.41, 5.74) is 0. The van der Waals surface area contributed by atoms with E-state index in [1.165, 1.54) is 18.2 Å². The number of sulfonamides is 1. The van der Waals surface area contributed by atoms with Crippen molar-refractivity contribution >= 4 is 27.5 Å². The first-order valence-electron chi connectivity index (χ1n) is 8.52. The molecular formula is C17H25ClN2O4S. The average molecular weight is 389 g/mol. The molecule has 140 valence electrons. The molecule has 25 heavy (non-hydrogen) atoms. The maximum atomic E-state index is 12.5. The molecule has 6 nitrogen and oxygen atoms in total. The summed E-state index contributed by atoms with van der Waals surface area (Å²) in [6.07, 6.45) is 4.96. The Labute approximate surface area is 154 Å². The quantitative estimate of drug-likeness (QED) is 0.752. The zero-order chi connectivity index (χ0) is 18.4. The van der Waals surface area contributed by atoms with Gasteiger partial charge >= 0.3 is 0 Å². The van der Waals surface area contributed by atoms with E-state index in [-0.39, 0.29) is 40.3 Å². The van der Waals surface area contributed by atoms with Crippen LogP contribution in [0.1, 0.15) is 46.0 Å². The molecule has 0 heterocycles. The molecule has 0 aromatic heterocycles. The van der Waals surface area contributed by atoms with Crippen LogP contribution in [0, 0.1) is 0 Å². The van der Waals surface area contributed by atoms with E-state index in [1.807, 2.05) is 13.8 Å². The number of benzene rings is 1. The van der Waals surface area contributed by atoms with Crippen molar-refractivity contribution in [1.82, 2.24) is 10.0 Å². The molecular weight excluding hydrogens is 364 g/mol. The van der Waals surface area contributed by atoms with Gasteiger partial charge in [-0.2, -0.15) is 0 Å². The van der Waals surface area contributed by atoms with Gasteiger partial charge in [0.1, 0.15) is 5.75 Å². The van der Waals surface area contributed by atoms with Crippen molar-refractivity contribution in [1.29, 1.82) is 0 Å². The Morgan fingerprint density at radius 3 is 2.56 bits per heavy atom. The number of hydrogen-bond donors (Lipinski definition) is 2. The first kappa shape index (κ1) is 20.0. The molecule has 1 fully saturated rings. The van der Waals surface area contributed by atoms with Crippen LogP contribution in [0.15, 0.2) is 23.1 Å². The summed E-state index contributed by atoms with van der Waals surface area (Å²) in [7, 11) is -3.62. The third kappa shape index (κ3) is 6.17. The Kier molecular flexibility index (Phi) is 7.10. The zero-order valence-electron chi connectivity index (χ0n) is 14.5. The van der Waals surface area contributed by atoms with E-state index in [9.17, 15) is 13.2 Å². The predicted octanol–water partition coefficient (Wildman–Crippen LogP) is 2.85. The number of ether oxygens (including phenoxy) is 1. The minimum atomic E-state index is -3.62. The summed E-state index contributed by atoms with van der Waals surface area (Å²) >= 11 is 6.12. The van der Waals surface area contributed by atoms with Gasteiger partial charge in [0, 0.05) is 12.1 Å². The molecule has 0 atom stereocenters. The SMILES string of the molecule is CC(C)NC(=O)COc1ccc(S(=O)(=O)NC2CCCCC2)cc1Cl. The Balaban J connectivity index is 2.01. The van der Waals surface area contributed by atoms with Crippen molar-refractivity contribution in [2.75, 3.05) is 6.61 Å². The lowest BCUT2D eigenvalue weighted by molar-refractivity contribution is -0.123. The highest BCUT2D eigenvalue weighted by Crippen LogP contribution is 2.28. The topological polar surface area (TPSA) is 84.5 Å². The number of nitrogens with one attached hydrogen (secondary N) is 2. The van der Waals surface area contributed by atoms with E-state index in [0.29, 0.717) is 0 Å². The maximum Gasteiger partial charge on any atom is 0.258 e. The van der Waals surface area contributed by atoms with Crippen LogP contribution in [0.4, 0.5) is 0 Å². The smallest absolute Gasteiger partial charge is 0.258 e. The van der Waals surface area contributed by atoms with Gasteiger partial charge in [-0.3, -0.25) is 4.79 Å². The van der Waals surface area contributed by atoms with Gasteiger partial charge in [-0.05, 0) is 44.9 Å². The van der Waals surface area contributed by atoms with Crippen molar-refractivity contribution in [3.05, 3.63) is 23.2 Å². The Morgan fingerprint density at radius 1 is 1.28 bits per heavy atom. The fraction of sp³-hybridized carbons (Fsp3) is 0.588. The van der Waals surface area contributed by atoms with Crippen molar-refractivity contribution in [3.8, 4) is 5.75 Å². The molecule has 0 spiro atoms. The lowest BCUT2D eigenvalue weighted by Gasteiger charge is -2.22. The van der Waals surface area contributed by atoms with Crippen LogP contribution >= 0.6 is 11.6 Å². The van der Waals surface area contributed by atoms with E-state index in [2.05, 4.69) is 10.0 Å². The standard InChI is InChI=1S/C17H25ClN2O4S/c1-12(2)19-17(21)11-24-16-9-8-14(10-15(16)18)25(22,23)20-13-6-4-3-5-7-13/h8-10,12-13,20H,3-7,11H2,1-2H3,(H,19,21). The van der Waals surface area contributed by atoms with E-state index in [1.54, 1.807) is 0 Å². The Hall–Kier alpha value is -1.31. The molecule has 1 aromatic rings. The molecule has 8 heteroatoms. The number of carbonyl (C=O) groups excluding carboxylic acids is 1. The van der Waals surface area contributed by atoms with Crippen LogP contribution in [0.2, 0.25) is 5.02 Å². The molecule has 1 aromatic carbocycles. The first-order valence-corrected chi connectivity index (χ1v) is 10.4. The number of carbonyl (C=O) groups is 1. The molecule has 1 aliphatic rings. The van der Waals surface area contributed by atoms with Gasteiger partial charge in [-0.1, -0.05) is 30.9 Å². The summed E-state index contributed by atoms with van der Waals surface area (Å²) in [5.74, 6) is 0.0129. The van der Waals surface area contributed by atoms with E-state index in [0.717, 1.165) is 32.1 Å². The van der Waals surface area contributed by atoms with Crippen molar-refractivity contribution in [3.63, 3.8) is 0 Å². The highest BCUT2D eigenvalue weighted by molar-refractivity contribution is 7.89. The Morgan fingerprint density at radius 2 is 1.96 bits per heavy atom. The first-order chi connectivity index (χ1) is 11.8. The van der Waals surface area contributed by atoms with E-state index >= 15 is 0 Å².